The van der Waals surface area contributed by atoms with Crippen LogP contribution in [0.25, 0.3) is 0 Å². The van der Waals surface area contributed by atoms with Crippen LogP contribution in [-0.4, -0.2) is 36.6 Å². The molecule has 0 fully saturated rings. The zero-order valence-electron chi connectivity index (χ0n) is 8.99. The molecule has 0 aliphatic heterocycles. The quantitative estimate of drug-likeness (QED) is 0.556. The number of hydrogen-bond donors (Lipinski definition) is 0. The van der Waals surface area contributed by atoms with Crippen molar-refractivity contribution in [2.45, 2.75) is 33.5 Å². The Morgan fingerprint density at radius 3 is 1.69 bits per heavy atom. The molecule has 0 aromatic heterocycles. The molecule has 0 aromatic rings. The summed E-state index contributed by atoms with van der Waals surface area (Å²) in [6.45, 7) is 11.5. The normalized spacial score (nSPS) is 13.3. The van der Waals surface area contributed by atoms with Gasteiger partial charge in [-0.3, -0.25) is 0 Å². The van der Waals surface area contributed by atoms with Crippen LogP contribution in [0.5, 0.6) is 0 Å². The Morgan fingerprint density at radius 2 is 1.46 bits per heavy atom. The van der Waals surface area contributed by atoms with E-state index in [2.05, 4.69) is 34.7 Å². The Morgan fingerprint density at radius 1 is 1.08 bits per heavy atom. The molecular weight excluding hydrogens is 270 g/mol. The Kier molecular flexibility index (Phi) is 6.28. The molecule has 0 aliphatic carbocycles. The minimum atomic E-state index is -2.15. The van der Waals surface area contributed by atoms with E-state index in [1.165, 1.54) is 0 Å². The molecule has 0 bridgehead atoms. The molecule has 0 N–H and O–H groups in total. The van der Waals surface area contributed by atoms with Crippen molar-refractivity contribution < 1.29 is 13.3 Å². The van der Waals surface area contributed by atoms with E-state index in [1.54, 1.807) is 0 Å². The van der Waals surface area contributed by atoms with Gasteiger partial charge in [0.1, 0.15) is 0 Å². The fourth-order valence-electron chi connectivity index (χ4n) is 0.742. The van der Waals surface area contributed by atoms with Crippen LogP contribution in [0.15, 0.2) is 0 Å². The zero-order chi connectivity index (χ0) is 10.5. The molecule has 0 aliphatic rings. The molecule has 0 aromatic carbocycles. The van der Waals surface area contributed by atoms with Gasteiger partial charge in [0.15, 0.2) is 0 Å². The van der Waals surface area contributed by atoms with Crippen molar-refractivity contribution in [2.75, 3.05) is 13.2 Å². The Hall–Kier alpha value is 1.05. The van der Waals surface area contributed by atoms with Gasteiger partial charge < -0.3 is 0 Å². The van der Waals surface area contributed by atoms with Gasteiger partial charge in [-0.2, -0.15) is 0 Å². The van der Waals surface area contributed by atoms with Gasteiger partial charge in [0.05, 0.1) is 0 Å². The second-order valence-corrected chi connectivity index (χ2v) is 12.7. The average Bonchev–Trinajstić information content (AvgIpc) is 1.82. The molecule has 0 spiro atoms. The topological polar surface area (TPSA) is 27.7 Å². The van der Waals surface area contributed by atoms with Crippen LogP contribution in [0.2, 0.25) is 19.6 Å². The predicted molar refractivity (Wildman–Crippen MR) is 60.4 cm³/mol. The van der Waals surface area contributed by atoms with E-state index < -0.39 is 14.5 Å². The Labute approximate surface area is 89.7 Å². The van der Waals surface area contributed by atoms with Crippen LogP contribution in [0.1, 0.15) is 13.8 Å². The van der Waals surface area contributed by atoms with Crippen molar-refractivity contribution in [1.29, 1.82) is 0 Å². The average molecular weight is 289 g/mol. The van der Waals surface area contributed by atoms with Crippen molar-refractivity contribution in [3.63, 3.8) is 0 Å². The van der Waals surface area contributed by atoms with E-state index in [4.69, 9.17) is 13.3 Å². The molecular formula is C7H19O3PSeSi. The summed E-state index contributed by atoms with van der Waals surface area (Å²) in [6.07, 6.45) is -2.15. The Bertz CT molecular complexity index is 183. The fourth-order valence-corrected chi connectivity index (χ4v) is 10.1. The van der Waals surface area contributed by atoms with E-state index in [0.717, 1.165) is 0 Å². The second-order valence-electron chi connectivity index (χ2n) is 3.49. The first-order chi connectivity index (χ1) is 5.83. The first-order valence-corrected chi connectivity index (χ1v) is 11.6. The summed E-state index contributed by atoms with van der Waals surface area (Å²) in [6, 6.07) is 0. The molecule has 0 unspecified atom stereocenters. The van der Waals surface area contributed by atoms with Crippen LogP contribution in [0.3, 0.4) is 0 Å². The van der Waals surface area contributed by atoms with Gasteiger partial charge in [-0.05, 0) is 0 Å². The van der Waals surface area contributed by atoms with Gasteiger partial charge in [-0.1, -0.05) is 0 Å². The van der Waals surface area contributed by atoms with Crippen molar-refractivity contribution in [2.24, 2.45) is 0 Å². The maximum absolute atomic E-state index is 5.86. The predicted octanol–water partition coefficient (Wildman–Crippen LogP) is 2.76. The monoisotopic (exact) mass is 290 g/mol. The van der Waals surface area contributed by atoms with E-state index in [0.29, 0.717) is 13.2 Å². The van der Waals surface area contributed by atoms with Crippen LogP contribution >= 0.6 is 6.19 Å². The molecule has 3 nitrogen and oxygen atoms in total. The molecule has 0 rings (SSSR count). The van der Waals surface area contributed by atoms with Gasteiger partial charge in [-0.25, -0.2) is 0 Å². The first-order valence-electron chi connectivity index (χ1n) is 4.43. The third-order valence-electron chi connectivity index (χ3n) is 0.960. The van der Waals surface area contributed by atoms with Crippen molar-refractivity contribution >= 4 is 29.6 Å². The van der Waals surface area contributed by atoms with Crippen LogP contribution < -0.4 is 0 Å². The van der Waals surface area contributed by atoms with E-state index in [-0.39, 0.29) is 0 Å². The second kappa shape index (κ2) is 5.81. The van der Waals surface area contributed by atoms with E-state index in [9.17, 15) is 0 Å². The van der Waals surface area contributed by atoms with Crippen molar-refractivity contribution in [3.8, 4) is 0 Å². The van der Waals surface area contributed by atoms with Gasteiger partial charge >= 0.3 is 89.6 Å². The number of hydrogen-bond acceptors (Lipinski definition) is 3. The zero-order valence-corrected chi connectivity index (χ0v) is 12.6. The SMILES string of the molecule is CCOP(=[Se])(OCC)O[Si](C)(C)C. The molecule has 80 valence electrons. The minimum absolute atomic E-state index is 0.616. The Balaban J connectivity index is 4.33. The van der Waals surface area contributed by atoms with Crippen LogP contribution in [-0.2, 0) is 13.3 Å². The van der Waals surface area contributed by atoms with Crippen LogP contribution in [0, 0.1) is 0 Å². The first kappa shape index (κ1) is 14.0. The van der Waals surface area contributed by atoms with Gasteiger partial charge in [0, 0.05) is 0 Å². The van der Waals surface area contributed by atoms with Gasteiger partial charge in [0.2, 0.25) is 0 Å². The van der Waals surface area contributed by atoms with Gasteiger partial charge in [-0.15, -0.1) is 0 Å². The molecule has 0 atom stereocenters. The van der Waals surface area contributed by atoms with Crippen LogP contribution in [0.4, 0.5) is 0 Å². The molecule has 0 radical (unpaired) electrons. The summed E-state index contributed by atoms with van der Waals surface area (Å²) >= 11 is 2.93. The van der Waals surface area contributed by atoms with E-state index in [1.807, 2.05) is 13.8 Å². The van der Waals surface area contributed by atoms with Crippen molar-refractivity contribution in [1.82, 2.24) is 0 Å². The standard InChI is InChI=1S/C7H19O3PSeSi/c1-6-8-11(12,9-7-2)10-13(3,4)5/h6-7H2,1-5H3. The summed E-state index contributed by atoms with van der Waals surface area (Å²) < 4.78 is 16.8. The third kappa shape index (κ3) is 7.03. The molecule has 6 heteroatoms. The van der Waals surface area contributed by atoms with Gasteiger partial charge in [0.25, 0.3) is 0 Å². The maximum atomic E-state index is 5.86. The summed E-state index contributed by atoms with van der Waals surface area (Å²) in [4.78, 5) is 0. The summed E-state index contributed by atoms with van der Waals surface area (Å²) in [5.74, 6) is 0. The summed E-state index contributed by atoms with van der Waals surface area (Å²) in [7, 11) is -1.60. The molecule has 0 saturated carbocycles. The number of rotatable bonds is 6. The van der Waals surface area contributed by atoms with Crippen molar-refractivity contribution in [3.05, 3.63) is 0 Å². The molecule has 13 heavy (non-hydrogen) atoms. The fraction of sp³-hybridized carbons (Fsp3) is 1.00. The summed E-state index contributed by atoms with van der Waals surface area (Å²) in [5, 5.41) is 0. The molecule has 0 saturated heterocycles. The summed E-state index contributed by atoms with van der Waals surface area (Å²) in [5.41, 5.74) is 0. The van der Waals surface area contributed by atoms with E-state index >= 15 is 0 Å². The third-order valence-corrected chi connectivity index (χ3v) is 7.93. The molecule has 0 heterocycles. The molecule has 0 amide bonds.